The second kappa shape index (κ2) is 2.46. The van der Waals surface area contributed by atoms with Crippen LogP contribution in [-0.4, -0.2) is 15.2 Å². The molecule has 0 fully saturated rings. The minimum atomic E-state index is -0.256. The second-order valence-electron chi connectivity index (χ2n) is 2.34. The van der Waals surface area contributed by atoms with Crippen LogP contribution >= 0.6 is 11.3 Å². The molecule has 0 aliphatic rings. The fraction of sp³-hybridized carbons (Fsp3) is 0.500. The maximum absolute atomic E-state index is 8.90. The van der Waals surface area contributed by atoms with Crippen molar-refractivity contribution in [3.63, 3.8) is 0 Å². The third-order valence-electron chi connectivity index (χ3n) is 1.10. The van der Waals surface area contributed by atoms with Crippen molar-refractivity contribution < 1.29 is 10.2 Å². The zero-order chi connectivity index (χ0) is 7.72. The van der Waals surface area contributed by atoms with Crippen LogP contribution in [-0.2, 0) is 0 Å². The van der Waals surface area contributed by atoms with E-state index >= 15 is 0 Å². The van der Waals surface area contributed by atoms with Crippen LogP contribution in [0.15, 0.2) is 0 Å². The van der Waals surface area contributed by atoms with E-state index < -0.39 is 0 Å². The van der Waals surface area contributed by atoms with E-state index in [2.05, 4.69) is 4.98 Å². The van der Waals surface area contributed by atoms with Crippen molar-refractivity contribution in [2.24, 2.45) is 0 Å². The Morgan fingerprint density at radius 3 is 2.20 bits per heavy atom. The molecule has 0 unspecified atom stereocenters. The van der Waals surface area contributed by atoms with Crippen LogP contribution in [0.3, 0.4) is 0 Å². The second-order valence-corrected chi connectivity index (χ2v) is 3.34. The Morgan fingerprint density at radius 1 is 1.40 bits per heavy atom. The number of aromatic nitrogens is 1. The van der Waals surface area contributed by atoms with Crippen LogP contribution in [0.4, 0.5) is 0 Å². The highest BCUT2D eigenvalue weighted by Crippen LogP contribution is 2.34. The predicted octanol–water partition coefficient (Wildman–Crippen LogP) is 1.68. The van der Waals surface area contributed by atoms with Crippen molar-refractivity contribution in [1.29, 1.82) is 0 Å². The zero-order valence-electron chi connectivity index (χ0n) is 5.83. The van der Waals surface area contributed by atoms with Gasteiger partial charge in [0.05, 0.1) is 0 Å². The lowest BCUT2D eigenvalue weighted by atomic mass is 10.2. The lowest BCUT2D eigenvalue weighted by molar-refractivity contribution is 0.400. The molecule has 0 bridgehead atoms. The zero-order valence-corrected chi connectivity index (χ0v) is 6.64. The summed E-state index contributed by atoms with van der Waals surface area (Å²) >= 11 is 1.12. The SMILES string of the molecule is CC(C)c1nc(O)c(O)s1. The number of thiazole rings is 1. The van der Waals surface area contributed by atoms with Crippen LogP contribution < -0.4 is 0 Å². The van der Waals surface area contributed by atoms with Gasteiger partial charge in [-0.2, -0.15) is 0 Å². The Labute approximate surface area is 63.0 Å². The van der Waals surface area contributed by atoms with E-state index in [1.165, 1.54) is 0 Å². The van der Waals surface area contributed by atoms with Gasteiger partial charge in [-0.15, -0.1) is 0 Å². The third kappa shape index (κ3) is 1.21. The summed E-state index contributed by atoms with van der Waals surface area (Å²) < 4.78 is 0. The van der Waals surface area contributed by atoms with Crippen LogP contribution in [0.1, 0.15) is 24.8 Å². The number of nitrogens with zero attached hydrogens (tertiary/aromatic N) is 1. The summed E-state index contributed by atoms with van der Waals surface area (Å²) in [5.41, 5.74) is 0. The summed E-state index contributed by atoms with van der Waals surface area (Å²) in [6, 6.07) is 0. The molecule has 2 N–H and O–H groups in total. The Bertz CT molecular complexity index is 212. The lowest BCUT2D eigenvalue weighted by Gasteiger charge is -1.93. The molecule has 0 atom stereocenters. The maximum Gasteiger partial charge on any atom is 0.266 e. The molecule has 4 heteroatoms. The fourth-order valence-corrected chi connectivity index (χ4v) is 1.27. The van der Waals surface area contributed by atoms with Gasteiger partial charge in [-0.1, -0.05) is 25.2 Å². The summed E-state index contributed by atoms with van der Waals surface area (Å²) in [6.45, 7) is 3.91. The summed E-state index contributed by atoms with van der Waals surface area (Å²) in [5, 5.41) is 18.4. The highest BCUT2D eigenvalue weighted by molar-refractivity contribution is 7.13. The highest BCUT2D eigenvalue weighted by Gasteiger charge is 2.10. The van der Waals surface area contributed by atoms with E-state index in [0.717, 1.165) is 16.3 Å². The van der Waals surface area contributed by atoms with Crippen molar-refractivity contribution in [1.82, 2.24) is 4.98 Å². The molecule has 0 aliphatic carbocycles. The molecule has 1 aromatic rings. The van der Waals surface area contributed by atoms with Gasteiger partial charge >= 0.3 is 0 Å². The van der Waals surface area contributed by atoms with Gasteiger partial charge in [0.1, 0.15) is 5.01 Å². The van der Waals surface area contributed by atoms with E-state index in [0.29, 0.717) is 0 Å². The maximum atomic E-state index is 8.90. The quantitative estimate of drug-likeness (QED) is 0.655. The van der Waals surface area contributed by atoms with E-state index in [1.54, 1.807) is 0 Å². The molecule has 0 amide bonds. The van der Waals surface area contributed by atoms with Crippen LogP contribution in [0.25, 0.3) is 0 Å². The highest BCUT2D eigenvalue weighted by atomic mass is 32.1. The van der Waals surface area contributed by atoms with Gasteiger partial charge in [-0.3, -0.25) is 0 Å². The number of aromatic hydroxyl groups is 2. The van der Waals surface area contributed by atoms with Crippen LogP contribution in [0.2, 0.25) is 0 Å². The number of rotatable bonds is 1. The molecule has 1 aromatic heterocycles. The average molecular weight is 159 g/mol. The molecule has 0 radical (unpaired) electrons. The van der Waals surface area contributed by atoms with Crippen molar-refractivity contribution in [2.45, 2.75) is 19.8 Å². The molecule has 56 valence electrons. The monoisotopic (exact) mass is 159 g/mol. The van der Waals surface area contributed by atoms with Gasteiger partial charge in [0.25, 0.3) is 5.88 Å². The minimum absolute atomic E-state index is 0.0938. The third-order valence-corrected chi connectivity index (χ3v) is 2.25. The molecule has 1 heterocycles. The Hall–Kier alpha value is -0.770. The first kappa shape index (κ1) is 7.34. The topological polar surface area (TPSA) is 53.4 Å². The molecule has 0 saturated carbocycles. The van der Waals surface area contributed by atoms with Crippen molar-refractivity contribution in [3.8, 4) is 10.9 Å². The Balaban J connectivity index is 2.98. The molecule has 0 saturated heterocycles. The van der Waals surface area contributed by atoms with Crippen molar-refractivity contribution in [2.75, 3.05) is 0 Å². The first-order valence-electron chi connectivity index (χ1n) is 3.00. The molecule has 10 heavy (non-hydrogen) atoms. The van der Waals surface area contributed by atoms with Gasteiger partial charge in [0.2, 0.25) is 5.06 Å². The van der Waals surface area contributed by atoms with Gasteiger partial charge in [-0.05, 0) is 0 Å². The van der Waals surface area contributed by atoms with E-state index in [4.69, 9.17) is 10.2 Å². The molecule has 3 nitrogen and oxygen atoms in total. The van der Waals surface area contributed by atoms with Gasteiger partial charge in [-0.25, -0.2) is 4.98 Å². The normalized spacial score (nSPS) is 10.7. The summed E-state index contributed by atoms with van der Waals surface area (Å²) in [7, 11) is 0. The fourth-order valence-electron chi connectivity index (χ4n) is 0.567. The summed E-state index contributed by atoms with van der Waals surface area (Å²) in [4.78, 5) is 3.73. The summed E-state index contributed by atoms with van der Waals surface area (Å²) in [6.07, 6.45) is 0. The van der Waals surface area contributed by atoms with E-state index in [-0.39, 0.29) is 16.9 Å². The smallest absolute Gasteiger partial charge is 0.266 e. The van der Waals surface area contributed by atoms with Crippen molar-refractivity contribution in [3.05, 3.63) is 5.01 Å². The summed E-state index contributed by atoms with van der Waals surface area (Å²) in [5.74, 6) is 0.00509. The van der Waals surface area contributed by atoms with E-state index in [1.807, 2.05) is 13.8 Å². The molecule has 0 aliphatic heterocycles. The minimum Gasteiger partial charge on any atom is -0.496 e. The van der Waals surface area contributed by atoms with E-state index in [9.17, 15) is 0 Å². The molecule has 0 spiro atoms. The predicted molar refractivity (Wildman–Crippen MR) is 39.5 cm³/mol. The van der Waals surface area contributed by atoms with Crippen LogP contribution in [0.5, 0.6) is 10.9 Å². The first-order valence-corrected chi connectivity index (χ1v) is 3.81. The van der Waals surface area contributed by atoms with Gasteiger partial charge in [0, 0.05) is 5.92 Å². The van der Waals surface area contributed by atoms with Gasteiger partial charge in [0.15, 0.2) is 0 Å². The largest absolute Gasteiger partial charge is 0.496 e. The van der Waals surface area contributed by atoms with Crippen molar-refractivity contribution >= 4 is 11.3 Å². The first-order chi connectivity index (χ1) is 4.61. The molecular formula is C6H9NO2S. The van der Waals surface area contributed by atoms with Crippen LogP contribution in [0, 0.1) is 0 Å². The molecule has 0 aromatic carbocycles. The standard InChI is InChI=1S/C6H9NO2S/c1-3(2)5-7-4(8)6(9)10-5/h3,8-9H,1-2H3. The Morgan fingerprint density at radius 2 is 2.00 bits per heavy atom. The lowest BCUT2D eigenvalue weighted by Crippen LogP contribution is -1.82. The average Bonchev–Trinajstić information content (AvgIpc) is 2.13. The molecular weight excluding hydrogens is 150 g/mol. The number of hydrogen-bond donors (Lipinski definition) is 2. The molecule has 1 rings (SSSR count). The number of hydrogen-bond acceptors (Lipinski definition) is 4. The van der Waals surface area contributed by atoms with Gasteiger partial charge < -0.3 is 10.2 Å². The Kier molecular flexibility index (Phi) is 1.80.